The Hall–Kier alpha value is -1.76. The molecule has 23 heavy (non-hydrogen) atoms. The van der Waals surface area contributed by atoms with Crippen molar-refractivity contribution in [1.29, 1.82) is 0 Å². The number of amides is 1. The number of hydrogen-bond acceptors (Lipinski definition) is 3. The molecule has 0 bridgehead atoms. The second-order valence-corrected chi connectivity index (χ2v) is 6.21. The highest BCUT2D eigenvalue weighted by Crippen LogP contribution is 2.31. The Morgan fingerprint density at radius 1 is 1.35 bits per heavy atom. The number of benzene rings is 1. The van der Waals surface area contributed by atoms with Gasteiger partial charge in [0.25, 0.3) is 0 Å². The minimum absolute atomic E-state index is 0.106. The Balaban J connectivity index is 1.89. The number of nitrogens with two attached hydrogens (primary N) is 1. The topological polar surface area (TPSA) is 64.4 Å². The molecule has 128 valence electrons. The molecule has 2 rings (SSSR count). The molecule has 0 heterocycles. The van der Waals surface area contributed by atoms with Crippen LogP contribution in [0.1, 0.15) is 38.2 Å². The summed E-state index contributed by atoms with van der Waals surface area (Å²) in [6.45, 7) is 2.14. The molecule has 0 aliphatic heterocycles. The minimum atomic E-state index is -4.71. The van der Waals surface area contributed by atoms with Crippen LogP contribution in [0, 0.1) is 5.92 Å². The average Bonchev–Trinajstić information content (AvgIpc) is 2.44. The summed E-state index contributed by atoms with van der Waals surface area (Å²) >= 11 is 0. The predicted octanol–water partition coefficient (Wildman–Crippen LogP) is 3.11. The van der Waals surface area contributed by atoms with Gasteiger partial charge in [-0.05, 0) is 37.5 Å². The lowest BCUT2D eigenvalue weighted by Crippen LogP contribution is -2.52. The monoisotopic (exact) mass is 330 g/mol. The number of carbonyl (C=O) groups is 1. The van der Waals surface area contributed by atoms with Gasteiger partial charge in [-0.3, -0.25) is 4.79 Å². The summed E-state index contributed by atoms with van der Waals surface area (Å²) in [6.07, 6.45) is -1.13. The van der Waals surface area contributed by atoms with Crippen LogP contribution in [0.15, 0.2) is 24.3 Å². The molecule has 0 saturated heterocycles. The molecule has 1 saturated carbocycles. The van der Waals surface area contributed by atoms with Gasteiger partial charge < -0.3 is 15.8 Å². The van der Waals surface area contributed by atoms with E-state index >= 15 is 0 Å². The van der Waals surface area contributed by atoms with Gasteiger partial charge in [-0.25, -0.2) is 0 Å². The lowest BCUT2D eigenvalue weighted by atomic mass is 9.74. The Bertz CT molecular complexity index is 541. The maximum atomic E-state index is 12.3. The number of hydrogen-bond donors (Lipinski definition) is 2. The van der Waals surface area contributed by atoms with Crippen LogP contribution in [0.3, 0.4) is 0 Å². The number of nitrogens with one attached hydrogen (secondary N) is 1. The van der Waals surface area contributed by atoms with Gasteiger partial charge in [0.2, 0.25) is 5.91 Å². The third-order valence-electron chi connectivity index (χ3n) is 4.19. The lowest BCUT2D eigenvalue weighted by Gasteiger charge is -2.37. The zero-order chi connectivity index (χ0) is 17.1. The molecule has 7 heteroatoms. The van der Waals surface area contributed by atoms with Crippen LogP contribution in [-0.4, -0.2) is 17.8 Å². The van der Waals surface area contributed by atoms with Crippen molar-refractivity contribution in [3.63, 3.8) is 0 Å². The normalized spacial score (nSPS) is 25.0. The van der Waals surface area contributed by atoms with Gasteiger partial charge in [-0.2, -0.15) is 0 Å². The highest BCUT2D eigenvalue weighted by molar-refractivity contribution is 5.80. The van der Waals surface area contributed by atoms with Crippen LogP contribution in [0.5, 0.6) is 5.75 Å². The van der Waals surface area contributed by atoms with Gasteiger partial charge in [0.05, 0.1) is 5.92 Å². The van der Waals surface area contributed by atoms with Crippen molar-refractivity contribution in [2.75, 3.05) is 0 Å². The zero-order valence-corrected chi connectivity index (χ0v) is 13.0. The first kappa shape index (κ1) is 17.6. The lowest BCUT2D eigenvalue weighted by molar-refractivity contribution is -0.274. The quantitative estimate of drug-likeness (QED) is 0.891. The third-order valence-corrected chi connectivity index (χ3v) is 4.19. The largest absolute Gasteiger partial charge is 0.573 e. The first-order chi connectivity index (χ1) is 10.7. The maximum absolute atomic E-state index is 12.3. The summed E-state index contributed by atoms with van der Waals surface area (Å²) < 4.78 is 40.1. The maximum Gasteiger partial charge on any atom is 0.573 e. The molecule has 0 aromatic heterocycles. The van der Waals surface area contributed by atoms with Gasteiger partial charge >= 0.3 is 6.36 Å². The van der Waals surface area contributed by atoms with Crippen molar-refractivity contribution in [1.82, 2.24) is 5.32 Å². The summed E-state index contributed by atoms with van der Waals surface area (Å²) in [4.78, 5) is 12.3. The van der Waals surface area contributed by atoms with Gasteiger partial charge in [0.15, 0.2) is 0 Å². The smallest absolute Gasteiger partial charge is 0.406 e. The second kappa shape index (κ2) is 6.78. The zero-order valence-electron chi connectivity index (χ0n) is 13.0. The van der Waals surface area contributed by atoms with Crippen molar-refractivity contribution in [3.8, 4) is 5.75 Å². The molecule has 1 aliphatic carbocycles. The fourth-order valence-corrected chi connectivity index (χ4v) is 2.91. The molecule has 4 nitrogen and oxygen atoms in total. The SMILES string of the molecule is CC1(N)CCCCC1C(=O)NCc1ccc(OC(F)(F)F)cc1. The van der Waals surface area contributed by atoms with Crippen LogP contribution in [0.2, 0.25) is 0 Å². The fourth-order valence-electron chi connectivity index (χ4n) is 2.91. The van der Waals surface area contributed by atoms with Crippen molar-refractivity contribution in [3.05, 3.63) is 29.8 Å². The first-order valence-corrected chi connectivity index (χ1v) is 7.59. The van der Waals surface area contributed by atoms with Crippen molar-refractivity contribution in [2.24, 2.45) is 11.7 Å². The van der Waals surface area contributed by atoms with Crippen molar-refractivity contribution >= 4 is 5.91 Å². The number of alkyl halides is 3. The van der Waals surface area contributed by atoms with E-state index in [4.69, 9.17) is 5.73 Å². The summed E-state index contributed by atoms with van der Waals surface area (Å²) in [7, 11) is 0. The van der Waals surface area contributed by atoms with E-state index in [0.717, 1.165) is 25.7 Å². The van der Waals surface area contributed by atoms with Crippen molar-refractivity contribution < 1.29 is 22.7 Å². The van der Waals surface area contributed by atoms with Gasteiger partial charge in [0, 0.05) is 12.1 Å². The Kier molecular flexibility index (Phi) is 5.19. The molecule has 0 spiro atoms. The van der Waals surface area contributed by atoms with E-state index in [-0.39, 0.29) is 24.1 Å². The molecule has 2 unspecified atom stereocenters. The predicted molar refractivity (Wildman–Crippen MR) is 79.5 cm³/mol. The molecule has 1 fully saturated rings. The Morgan fingerprint density at radius 3 is 2.57 bits per heavy atom. The van der Waals surface area contributed by atoms with Crippen molar-refractivity contribution in [2.45, 2.75) is 51.1 Å². The second-order valence-electron chi connectivity index (χ2n) is 6.21. The van der Waals surface area contributed by atoms with Gasteiger partial charge in [-0.15, -0.1) is 13.2 Å². The Morgan fingerprint density at radius 2 is 2.00 bits per heavy atom. The third kappa shape index (κ3) is 5.13. The van der Waals surface area contributed by atoms with Gasteiger partial charge in [0.1, 0.15) is 5.75 Å². The molecule has 1 aromatic carbocycles. The number of halogens is 3. The molecule has 1 aliphatic rings. The van der Waals surface area contributed by atoms with E-state index in [1.54, 1.807) is 0 Å². The summed E-state index contributed by atoms with van der Waals surface area (Å²) in [5, 5.41) is 2.81. The van der Waals surface area contributed by atoms with Gasteiger partial charge in [-0.1, -0.05) is 25.0 Å². The first-order valence-electron chi connectivity index (χ1n) is 7.59. The molecule has 3 N–H and O–H groups in total. The number of ether oxygens (including phenoxy) is 1. The van der Waals surface area contributed by atoms with E-state index in [1.807, 2.05) is 6.92 Å². The molecule has 0 radical (unpaired) electrons. The van der Waals surface area contributed by atoms with E-state index in [9.17, 15) is 18.0 Å². The highest BCUT2D eigenvalue weighted by atomic mass is 19.4. The number of rotatable bonds is 4. The van der Waals surface area contributed by atoms with E-state index in [2.05, 4.69) is 10.1 Å². The average molecular weight is 330 g/mol. The standard InChI is InChI=1S/C16H21F3N2O2/c1-15(20)9-3-2-4-13(15)14(22)21-10-11-5-7-12(8-6-11)23-16(17,18)19/h5-8,13H,2-4,9-10,20H2,1H3,(H,21,22). The van der Waals surface area contributed by atoms with Crippen LogP contribution < -0.4 is 15.8 Å². The summed E-state index contributed by atoms with van der Waals surface area (Å²) in [5.41, 5.74) is 6.38. The van der Waals surface area contributed by atoms with Crippen LogP contribution >= 0.6 is 0 Å². The Labute approximate surface area is 133 Å². The summed E-state index contributed by atoms with van der Waals surface area (Å²) in [6, 6.07) is 5.43. The highest BCUT2D eigenvalue weighted by Gasteiger charge is 2.37. The molecule has 2 atom stereocenters. The minimum Gasteiger partial charge on any atom is -0.406 e. The molecule has 1 amide bonds. The number of carbonyl (C=O) groups excluding carboxylic acids is 1. The van der Waals surface area contributed by atoms with E-state index < -0.39 is 11.9 Å². The molecule has 1 aromatic rings. The van der Waals surface area contributed by atoms with E-state index in [1.165, 1.54) is 24.3 Å². The fraction of sp³-hybridized carbons (Fsp3) is 0.562. The van der Waals surface area contributed by atoms with Crippen LogP contribution in [0.4, 0.5) is 13.2 Å². The summed E-state index contributed by atoms with van der Waals surface area (Å²) in [5.74, 6) is -0.621. The molecular weight excluding hydrogens is 309 g/mol. The molecular formula is C16H21F3N2O2. The van der Waals surface area contributed by atoms with Crippen LogP contribution in [0.25, 0.3) is 0 Å². The van der Waals surface area contributed by atoms with Crippen LogP contribution in [-0.2, 0) is 11.3 Å². The van der Waals surface area contributed by atoms with E-state index in [0.29, 0.717) is 5.56 Å².